The molecule has 2 atom stereocenters. The molecule has 1 heterocycles. The maximum atomic E-state index is 9.29. The fraction of sp³-hybridized carbons (Fsp3) is 0.300. The van der Waals surface area contributed by atoms with Crippen LogP contribution in [0.5, 0.6) is 5.75 Å². The Kier molecular flexibility index (Phi) is 2.02. The molecular weight excluding hydrogens is 166 g/mol. The summed E-state index contributed by atoms with van der Waals surface area (Å²) >= 11 is 0. The quantitative estimate of drug-likeness (QED) is 0.706. The van der Waals surface area contributed by atoms with E-state index in [0.29, 0.717) is 0 Å². The summed E-state index contributed by atoms with van der Waals surface area (Å²) in [6, 6.07) is 7.52. The highest BCUT2D eigenvalue weighted by Gasteiger charge is 2.19. The monoisotopic (exact) mass is 177 g/mol. The molecule has 1 N–H and O–H groups in total. The van der Waals surface area contributed by atoms with Crippen LogP contribution < -0.4 is 4.74 Å². The van der Waals surface area contributed by atoms with Crippen LogP contribution in [-0.2, 0) is 0 Å². The highest BCUT2D eigenvalue weighted by Crippen LogP contribution is 2.30. The molecule has 1 aliphatic heterocycles. The van der Waals surface area contributed by atoms with Gasteiger partial charge in [-0.2, -0.15) is 0 Å². The van der Waals surface area contributed by atoms with E-state index in [1.165, 1.54) is 0 Å². The Hall–Kier alpha value is -1.35. The molecule has 0 aliphatic carbocycles. The van der Waals surface area contributed by atoms with E-state index in [1.807, 2.05) is 24.3 Å². The second kappa shape index (κ2) is 3.18. The molecule has 1 aromatic rings. The molecule has 68 valence electrons. The Bertz CT molecular complexity index is 333. The number of fused-ring (bicyclic) bond motifs is 1. The van der Waals surface area contributed by atoms with E-state index >= 15 is 0 Å². The normalized spacial score (nSPS) is 21.8. The molecule has 0 saturated heterocycles. The van der Waals surface area contributed by atoms with Crippen LogP contribution in [0.4, 0.5) is 5.69 Å². The molecule has 1 aliphatic rings. The molecule has 2 unspecified atom stereocenters. The molecule has 0 saturated carbocycles. The van der Waals surface area contributed by atoms with E-state index in [-0.39, 0.29) is 6.10 Å². The Morgan fingerprint density at radius 3 is 3.00 bits per heavy atom. The van der Waals surface area contributed by atoms with Gasteiger partial charge in [-0.15, -0.1) is 0 Å². The van der Waals surface area contributed by atoms with Crippen LogP contribution >= 0.6 is 0 Å². The lowest BCUT2D eigenvalue weighted by molar-refractivity contribution is 0.0901. The van der Waals surface area contributed by atoms with Crippen molar-refractivity contribution in [1.29, 1.82) is 0 Å². The molecule has 0 radical (unpaired) electrons. The Morgan fingerprint density at radius 1 is 1.46 bits per heavy atom. The first-order chi connectivity index (χ1) is 6.27. The zero-order chi connectivity index (χ0) is 9.26. The average molecular weight is 177 g/mol. The number of para-hydroxylation sites is 2. The third kappa shape index (κ3) is 1.55. The predicted molar refractivity (Wildman–Crippen MR) is 50.7 cm³/mol. The molecule has 2 rings (SSSR count). The summed E-state index contributed by atoms with van der Waals surface area (Å²) < 4.78 is 5.49. The lowest BCUT2D eigenvalue weighted by Gasteiger charge is -2.22. The van der Waals surface area contributed by atoms with Gasteiger partial charge in [0.25, 0.3) is 0 Å². The van der Waals surface area contributed by atoms with Gasteiger partial charge in [0, 0.05) is 6.21 Å². The van der Waals surface area contributed by atoms with Gasteiger partial charge in [0.1, 0.15) is 11.4 Å². The fourth-order valence-electron chi connectivity index (χ4n) is 1.22. The minimum atomic E-state index is -0.530. The van der Waals surface area contributed by atoms with Crippen molar-refractivity contribution in [1.82, 2.24) is 0 Å². The molecule has 0 amide bonds. The summed E-state index contributed by atoms with van der Waals surface area (Å²) in [7, 11) is 0. The summed E-state index contributed by atoms with van der Waals surface area (Å²) in [5, 5.41) is 9.29. The molecule has 1 aromatic carbocycles. The zero-order valence-electron chi connectivity index (χ0n) is 7.34. The minimum Gasteiger partial charge on any atom is -0.480 e. The summed E-state index contributed by atoms with van der Waals surface area (Å²) in [5.74, 6) is 0.732. The van der Waals surface area contributed by atoms with Crippen LogP contribution in [0.25, 0.3) is 0 Å². The number of hydrogen-bond acceptors (Lipinski definition) is 3. The van der Waals surface area contributed by atoms with Crippen molar-refractivity contribution in [3.05, 3.63) is 24.3 Å². The maximum absolute atomic E-state index is 9.29. The number of ether oxygens (including phenoxy) is 1. The van der Waals surface area contributed by atoms with Gasteiger partial charge in [-0.3, -0.25) is 4.99 Å². The lowest BCUT2D eigenvalue weighted by Crippen LogP contribution is -2.32. The van der Waals surface area contributed by atoms with Gasteiger partial charge < -0.3 is 9.84 Å². The Balaban J connectivity index is 2.29. The second-order valence-electron chi connectivity index (χ2n) is 3.07. The van der Waals surface area contributed by atoms with Crippen molar-refractivity contribution in [2.45, 2.75) is 19.1 Å². The topological polar surface area (TPSA) is 41.8 Å². The first-order valence-corrected chi connectivity index (χ1v) is 4.25. The molecular formula is C10H11NO2. The van der Waals surface area contributed by atoms with Gasteiger partial charge in [-0.05, 0) is 19.1 Å². The van der Waals surface area contributed by atoms with Crippen LogP contribution in [0, 0.1) is 0 Å². The van der Waals surface area contributed by atoms with Crippen molar-refractivity contribution < 1.29 is 9.84 Å². The third-order valence-electron chi connectivity index (χ3n) is 1.96. The van der Waals surface area contributed by atoms with Gasteiger partial charge in [-0.1, -0.05) is 12.1 Å². The van der Waals surface area contributed by atoms with Crippen molar-refractivity contribution in [2.24, 2.45) is 4.99 Å². The van der Waals surface area contributed by atoms with Crippen molar-refractivity contribution in [2.75, 3.05) is 0 Å². The van der Waals surface area contributed by atoms with Gasteiger partial charge in [0.2, 0.25) is 0 Å². The number of benzene rings is 1. The summed E-state index contributed by atoms with van der Waals surface area (Å²) in [6.45, 7) is 1.69. The number of hydrogen-bond donors (Lipinski definition) is 1. The van der Waals surface area contributed by atoms with E-state index in [1.54, 1.807) is 13.1 Å². The van der Waals surface area contributed by atoms with Crippen LogP contribution in [0.3, 0.4) is 0 Å². The molecule has 3 nitrogen and oxygen atoms in total. The summed E-state index contributed by atoms with van der Waals surface area (Å²) in [5.41, 5.74) is 0.819. The van der Waals surface area contributed by atoms with Gasteiger partial charge >= 0.3 is 0 Å². The van der Waals surface area contributed by atoms with E-state index in [4.69, 9.17) is 4.74 Å². The lowest BCUT2D eigenvalue weighted by atomic mass is 10.2. The zero-order valence-corrected chi connectivity index (χ0v) is 7.34. The van der Waals surface area contributed by atoms with Crippen LogP contribution in [0.1, 0.15) is 6.92 Å². The summed E-state index contributed by atoms with van der Waals surface area (Å²) in [6.07, 6.45) is 0.777. The fourth-order valence-corrected chi connectivity index (χ4v) is 1.22. The van der Waals surface area contributed by atoms with E-state index in [2.05, 4.69) is 4.99 Å². The minimum absolute atomic E-state index is 0.324. The maximum Gasteiger partial charge on any atom is 0.159 e. The van der Waals surface area contributed by atoms with Crippen LogP contribution in [0.15, 0.2) is 29.3 Å². The number of aliphatic hydroxyl groups is 1. The molecule has 0 bridgehead atoms. The molecule has 0 spiro atoms. The smallest absolute Gasteiger partial charge is 0.159 e. The van der Waals surface area contributed by atoms with Gasteiger partial charge in [0.15, 0.2) is 6.10 Å². The van der Waals surface area contributed by atoms with Crippen molar-refractivity contribution in [3.63, 3.8) is 0 Å². The highest BCUT2D eigenvalue weighted by molar-refractivity contribution is 5.74. The average Bonchev–Trinajstić information content (AvgIpc) is 2.17. The van der Waals surface area contributed by atoms with Crippen molar-refractivity contribution in [3.8, 4) is 5.75 Å². The number of rotatable bonds is 1. The van der Waals surface area contributed by atoms with Crippen LogP contribution in [-0.4, -0.2) is 23.5 Å². The standard InChI is InChI=1S/C10H11NO2/c1-7(12)10-6-11-8-4-2-3-5-9(8)13-10/h2-7,10,12H,1H3. The highest BCUT2D eigenvalue weighted by atomic mass is 16.5. The number of nitrogens with zero attached hydrogens (tertiary/aromatic N) is 1. The van der Waals surface area contributed by atoms with Gasteiger partial charge in [-0.25, -0.2) is 0 Å². The second-order valence-corrected chi connectivity index (χ2v) is 3.07. The van der Waals surface area contributed by atoms with Crippen molar-refractivity contribution >= 4 is 11.9 Å². The van der Waals surface area contributed by atoms with Crippen LogP contribution in [0.2, 0.25) is 0 Å². The number of aliphatic hydroxyl groups excluding tert-OH is 1. The SMILES string of the molecule is CC(O)C1C=Nc2ccccc2O1. The summed E-state index contributed by atoms with van der Waals surface area (Å²) in [4.78, 5) is 4.19. The predicted octanol–water partition coefficient (Wildman–Crippen LogP) is 1.53. The first-order valence-electron chi connectivity index (χ1n) is 4.25. The Labute approximate surface area is 76.7 Å². The van der Waals surface area contributed by atoms with E-state index < -0.39 is 6.10 Å². The van der Waals surface area contributed by atoms with E-state index in [9.17, 15) is 5.11 Å². The first kappa shape index (κ1) is 8.26. The molecule has 0 fully saturated rings. The third-order valence-corrected chi connectivity index (χ3v) is 1.96. The van der Waals surface area contributed by atoms with E-state index in [0.717, 1.165) is 11.4 Å². The van der Waals surface area contributed by atoms with Gasteiger partial charge in [0.05, 0.1) is 6.10 Å². The number of aliphatic imine (C=N–C) groups is 1. The molecule has 13 heavy (non-hydrogen) atoms. The molecule has 3 heteroatoms. The largest absolute Gasteiger partial charge is 0.480 e. The Morgan fingerprint density at radius 2 is 2.23 bits per heavy atom. The molecule has 0 aromatic heterocycles.